The number of aryl methyl sites for hydroxylation is 1. The van der Waals surface area contributed by atoms with Crippen molar-refractivity contribution in [2.45, 2.75) is 46.0 Å². The Kier molecular flexibility index (Phi) is 2.69. The Morgan fingerprint density at radius 1 is 1.17 bits per heavy atom. The molecule has 0 spiro atoms. The smallest absolute Gasteiger partial charge is 0.314 e. The third-order valence-corrected chi connectivity index (χ3v) is 4.72. The van der Waals surface area contributed by atoms with Gasteiger partial charge < -0.3 is 4.74 Å². The minimum absolute atomic E-state index is 0.00671. The van der Waals surface area contributed by atoms with Gasteiger partial charge in [-0.25, -0.2) is 0 Å². The van der Waals surface area contributed by atoms with Gasteiger partial charge in [0.1, 0.15) is 5.75 Å². The number of carbonyl (C=O) groups excluding carboxylic acids is 1. The van der Waals surface area contributed by atoms with Crippen LogP contribution < -0.4 is 4.74 Å². The van der Waals surface area contributed by atoms with Crippen LogP contribution in [-0.2, 0) is 4.79 Å². The van der Waals surface area contributed by atoms with E-state index < -0.39 is 0 Å². The lowest BCUT2D eigenvalue weighted by atomic mass is 9.70. The second-order valence-corrected chi connectivity index (χ2v) is 5.98. The molecular formula is C16H20O2. The Morgan fingerprint density at radius 3 is 2.72 bits per heavy atom. The highest BCUT2D eigenvalue weighted by atomic mass is 16.5. The number of rotatable bonds is 0. The normalized spacial score (nSPS) is 30.4. The molecule has 1 aromatic carbocycles. The van der Waals surface area contributed by atoms with Crippen molar-refractivity contribution in [2.75, 3.05) is 0 Å². The average Bonchev–Trinajstić information content (AvgIpc) is 2.35. The molecule has 0 amide bonds. The highest BCUT2D eigenvalue weighted by molar-refractivity contribution is 5.80. The fourth-order valence-electron chi connectivity index (χ4n) is 3.43. The van der Waals surface area contributed by atoms with E-state index in [0.29, 0.717) is 11.8 Å². The van der Waals surface area contributed by atoms with Gasteiger partial charge in [-0.3, -0.25) is 4.79 Å². The maximum absolute atomic E-state index is 12.2. The molecule has 2 heteroatoms. The van der Waals surface area contributed by atoms with Crippen LogP contribution in [-0.4, -0.2) is 5.97 Å². The zero-order valence-corrected chi connectivity index (χ0v) is 11.3. The predicted octanol–water partition coefficient (Wildman–Crippen LogP) is 3.74. The number of hydrogen-bond acceptors (Lipinski definition) is 2. The van der Waals surface area contributed by atoms with Gasteiger partial charge in [-0.15, -0.1) is 0 Å². The Hall–Kier alpha value is -1.31. The van der Waals surface area contributed by atoms with E-state index in [2.05, 4.69) is 26.0 Å². The standard InChI is InChI=1S/C16H20O2/c1-9-4-6-12-13-7-5-10(2)11(3)15(13)18-16(17)14(12)8-9/h5,7,9,12,14H,4,6,8H2,1-3H3. The van der Waals surface area contributed by atoms with Crippen molar-refractivity contribution in [1.82, 2.24) is 0 Å². The number of esters is 1. The molecule has 1 saturated carbocycles. The summed E-state index contributed by atoms with van der Waals surface area (Å²) in [6.07, 6.45) is 3.33. The van der Waals surface area contributed by atoms with E-state index in [1.807, 2.05) is 6.92 Å². The minimum Gasteiger partial charge on any atom is -0.426 e. The van der Waals surface area contributed by atoms with E-state index in [1.54, 1.807) is 0 Å². The Morgan fingerprint density at radius 2 is 1.94 bits per heavy atom. The summed E-state index contributed by atoms with van der Waals surface area (Å²) in [4.78, 5) is 12.2. The summed E-state index contributed by atoms with van der Waals surface area (Å²) in [5.41, 5.74) is 3.58. The molecule has 0 saturated heterocycles. The molecule has 0 bridgehead atoms. The van der Waals surface area contributed by atoms with E-state index in [-0.39, 0.29) is 11.9 Å². The topological polar surface area (TPSA) is 26.3 Å². The van der Waals surface area contributed by atoms with E-state index in [0.717, 1.165) is 24.2 Å². The molecular weight excluding hydrogens is 224 g/mol. The first-order valence-electron chi connectivity index (χ1n) is 6.89. The number of fused-ring (bicyclic) bond motifs is 3. The second-order valence-electron chi connectivity index (χ2n) is 5.98. The molecule has 96 valence electrons. The number of benzene rings is 1. The first-order valence-corrected chi connectivity index (χ1v) is 6.89. The van der Waals surface area contributed by atoms with E-state index >= 15 is 0 Å². The molecule has 1 fully saturated rings. The molecule has 1 aromatic rings. The maximum Gasteiger partial charge on any atom is 0.314 e. The second kappa shape index (κ2) is 4.11. The van der Waals surface area contributed by atoms with Crippen molar-refractivity contribution in [2.24, 2.45) is 11.8 Å². The summed E-state index contributed by atoms with van der Waals surface area (Å²) < 4.78 is 5.62. The zero-order valence-electron chi connectivity index (χ0n) is 11.3. The van der Waals surface area contributed by atoms with Gasteiger partial charge in [0.2, 0.25) is 0 Å². The molecule has 3 unspecified atom stereocenters. The third-order valence-electron chi connectivity index (χ3n) is 4.72. The van der Waals surface area contributed by atoms with E-state index in [4.69, 9.17) is 4.74 Å². The summed E-state index contributed by atoms with van der Waals surface area (Å²) >= 11 is 0. The molecule has 1 heterocycles. The van der Waals surface area contributed by atoms with Crippen LogP contribution in [0.25, 0.3) is 0 Å². The van der Waals surface area contributed by atoms with Crippen molar-refractivity contribution in [1.29, 1.82) is 0 Å². The van der Waals surface area contributed by atoms with Crippen molar-refractivity contribution in [3.8, 4) is 5.75 Å². The lowest BCUT2D eigenvalue weighted by Crippen LogP contribution is -2.36. The third kappa shape index (κ3) is 1.66. The summed E-state index contributed by atoms with van der Waals surface area (Å²) in [5, 5.41) is 0. The quantitative estimate of drug-likeness (QED) is 0.513. The summed E-state index contributed by atoms with van der Waals surface area (Å²) in [6.45, 7) is 6.35. The van der Waals surface area contributed by atoms with Gasteiger partial charge in [0.25, 0.3) is 0 Å². The lowest BCUT2D eigenvalue weighted by molar-refractivity contribution is -0.143. The summed E-state index contributed by atoms with van der Waals surface area (Å²) in [5.74, 6) is 1.95. The van der Waals surface area contributed by atoms with Gasteiger partial charge >= 0.3 is 5.97 Å². The van der Waals surface area contributed by atoms with Crippen LogP contribution in [0.3, 0.4) is 0 Å². The van der Waals surface area contributed by atoms with Crippen LogP contribution in [0.1, 0.15) is 48.8 Å². The number of ether oxygens (including phenoxy) is 1. The van der Waals surface area contributed by atoms with Gasteiger partial charge in [0.15, 0.2) is 0 Å². The Bertz CT molecular complexity index is 504. The van der Waals surface area contributed by atoms with Crippen LogP contribution in [0, 0.1) is 25.7 Å². The van der Waals surface area contributed by atoms with Crippen molar-refractivity contribution in [3.05, 3.63) is 28.8 Å². The van der Waals surface area contributed by atoms with Crippen LogP contribution in [0.2, 0.25) is 0 Å². The Labute approximate surface area is 108 Å². The highest BCUT2D eigenvalue weighted by Gasteiger charge is 2.41. The predicted molar refractivity (Wildman–Crippen MR) is 70.8 cm³/mol. The zero-order chi connectivity index (χ0) is 12.9. The van der Waals surface area contributed by atoms with Crippen molar-refractivity contribution in [3.63, 3.8) is 0 Å². The van der Waals surface area contributed by atoms with Crippen LogP contribution in [0.5, 0.6) is 5.75 Å². The van der Waals surface area contributed by atoms with Gasteiger partial charge in [0.05, 0.1) is 5.92 Å². The maximum atomic E-state index is 12.2. The molecule has 1 aliphatic carbocycles. The molecule has 2 aliphatic rings. The largest absolute Gasteiger partial charge is 0.426 e. The van der Waals surface area contributed by atoms with Crippen molar-refractivity contribution >= 4 is 5.97 Å². The number of hydrogen-bond donors (Lipinski definition) is 0. The minimum atomic E-state index is -0.00671. The molecule has 0 N–H and O–H groups in total. The lowest BCUT2D eigenvalue weighted by Gasteiger charge is -2.38. The molecule has 3 atom stereocenters. The van der Waals surface area contributed by atoms with E-state index in [1.165, 1.54) is 17.5 Å². The van der Waals surface area contributed by atoms with Crippen molar-refractivity contribution < 1.29 is 9.53 Å². The van der Waals surface area contributed by atoms with Gasteiger partial charge in [-0.1, -0.05) is 25.5 Å². The molecule has 2 nitrogen and oxygen atoms in total. The average molecular weight is 244 g/mol. The molecule has 3 rings (SSSR count). The first-order chi connectivity index (χ1) is 8.58. The number of carbonyl (C=O) groups is 1. The van der Waals surface area contributed by atoms with Crippen LogP contribution in [0.4, 0.5) is 0 Å². The first kappa shape index (κ1) is 11.8. The fourth-order valence-corrected chi connectivity index (χ4v) is 3.43. The molecule has 18 heavy (non-hydrogen) atoms. The highest BCUT2D eigenvalue weighted by Crippen LogP contribution is 2.48. The molecule has 0 aromatic heterocycles. The molecule has 0 radical (unpaired) electrons. The van der Waals surface area contributed by atoms with Crippen LogP contribution in [0.15, 0.2) is 12.1 Å². The summed E-state index contributed by atoms with van der Waals surface area (Å²) in [7, 11) is 0. The van der Waals surface area contributed by atoms with Gasteiger partial charge in [0, 0.05) is 5.92 Å². The fraction of sp³-hybridized carbons (Fsp3) is 0.562. The van der Waals surface area contributed by atoms with Gasteiger partial charge in [-0.2, -0.15) is 0 Å². The SMILES string of the molecule is Cc1ccc2c(c1C)OC(=O)C1CC(C)CCC21. The molecule has 1 aliphatic heterocycles. The van der Waals surface area contributed by atoms with E-state index in [9.17, 15) is 4.79 Å². The van der Waals surface area contributed by atoms with Crippen LogP contribution >= 0.6 is 0 Å². The van der Waals surface area contributed by atoms with Gasteiger partial charge in [-0.05, 0) is 49.3 Å². The summed E-state index contributed by atoms with van der Waals surface area (Å²) in [6, 6.07) is 4.32. The Balaban J connectivity index is 2.07. The monoisotopic (exact) mass is 244 g/mol.